The lowest BCUT2D eigenvalue weighted by atomic mass is 10.2. The van der Waals surface area contributed by atoms with Crippen molar-refractivity contribution in [2.75, 3.05) is 25.0 Å². The number of rotatable bonds is 6. The number of benzene rings is 1. The summed E-state index contributed by atoms with van der Waals surface area (Å²) < 4.78 is 1.17. The van der Waals surface area contributed by atoms with Crippen molar-refractivity contribution in [3.05, 3.63) is 50.6 Å². The maximum atomic E-state index is 3.48. The van der Waals surface area contributed by atoms with Gasteiger partial charge in [0.1, 0.15) is 0 Å². The molecule has 102 valence electrons. The summed E-state index contributed by atoms with van der Waals surface area (Å²) in [5, 5.41) is 5.60. The van der Waals surface area contributed by atoms with E-state index in [0.717, 1.165) is 19.6 Å². The highest BCUT2D eigenvalue weighted by Crippen LogP contribution is 2.19. The zero-order valence-electron chi connectivity index (χ0n) is 11.3. The first kappa shape index (κ1) is 14.6. The molecule has 2 aromatic rings. The summed E-state index contributed by atoms with van der Waals surface area (Å²) >= 11 is 5.26. The van der Waals surface area contributed by atoms with Gasteiger partial charge in [-0.3, -0.25) is 0 Å². The molecule has 0 saturated heterocycles. The summed E-state index contributed by atoms with van der Waals surface area (Å²) in [7, 11) is 2.13. The minimum absolute atomic E-state index is 0.942. The van der Waals surface area contributed by atoms with Gasteiger partial charge in [0, 0.05) is 47.1 Å². The lowest BCUT2D eigenvalue weighted by Crippen LogP contribution is -2.28. The molecule has 0 aliphatic rings. The zero-order chi connectivity index (χ0) is 13.7. The van der Waals surface area contributed by atoms with Crippen molar-refractivity contribution in [2.24, 2.45) is 0 Å². The van der Waals surface area contributed by atoms with E-state index < -0.39 is 0 Å². The van der Waals surface area contributed by atoms with E-state index in [1.165, 1.54) is 20.6 Å². The Kier molecular flexibility index (Phi) is 5.43. The van der Waals surface area contributed by atoms with E-state index >= 15 is 0 Å². The number of hydrogen-bond donors (Lipinski definition) is 1. The molecule has 0 unspecified atom stereocenters. The molecule has 2 rings (SSSR count). The van der Waals surface area contributed by atoms with Crippen LogP contribution in [0.5, 0.6) is 0 Å². The van der Waals surface area contributed by atoms with Crippen LogP contribution in [-0.2, 0) is 6.54 Å². The van der Waals surface area contributed by atoms with Crippen LogP contribution in [0.1, 0.15) is 10.4 Å². The van der Waals surface area contributed by atoms with Crippen LogP contribution >= 0.6 is 27.3 Å². The van der Waals surface area contributed by atoms with E-state index in [9.17, 15) is 0 Å². The van der Waals surface area contributed by atoms with Gasteiger partial charge in [-0.05, 0) is 41.1 Å². The average Bonchev–Trinajstić information content (AvgIpc) is 2.81. The third kappa shape index (κ3) is 4.64. The maximum absolute atomic E-state index is 3.48. The fraction of sp³-hybridized carbons (Fsp3) is 0.333. The van der Waals surface area contributed by atoms with Crippen LogP contribution in [0.25, 0.3) is 0 Å². The maximum Gasteiger partial charge on any atom is 0.0364 e. The average molecular weight is 339 g/mol. The quantitative estimate of drug-likeness (QED) is 0.799. The number of anilines is 1. The first-order valence-electron chi connectivity index (χ1n) is 6.36. The number of hydrogen-bond acceptors (Lipinski definition) is 3. The summed E-state index contributed by atoms with van der Waals surface area (Å²) in [5.41, 5.74) is 2.57. The molecule has 0 atom stereocenters. The number of nitrogens with one attached hydrogen (secondary N) is 1. The van der Waals surface area contributed by atoms with E-state index in [-0.39, 0.29) is 0 Å². The molecule has 19 heavy (non-hydrogen) atoms. The van der Waals surface area contributed by atoms with Gasteiger partial charge < -0.3 is 10.2 Å². The van der Waals surface area contributed by atoms with Gasteiger partial charge in [-0.25, -0.2) is 0 Å². The summed E-state index contributed by atoms with van der Waals surface area (Å²) in [6.07, 6.45) is 0. The monoisotopic (exact) mass is 338 g/mol. The minimum Gasteiger partial charge on any atom is -0.373 e. The van der Waals surface area contributed by atoms with E-state index in [2.05, 4.69) is 75.8 Å². The highest BCUT2D eigenvalue weighted by atomic mass is 79.9. The van der Waals surface area contributed by atoms with Crippen molar-refractivity contribution < 1.29 is 0 Å². The van der Waals surface area contributed by atoms with Crippen LogP contribution in [0.2, 0.25) is 0 Å². The lowest BCUT2D eigenvalue weighted by Gasteiger charge is -2.19. The number of halogens is 1. The van der Waals surface area contributed by atoms with Gasteiger partial charge >= 0.3 is 0 Å². The largest absolute Gasteiger partial charge is 0.373 e. The normalized spacial score (nSPS) is 10.7. The summed E-state index contributed by atoms with van der Waals surface area (Å²) in [4.78, 5) is 3.64. The fourth-order valence-electron chi connectivity index (χ4n) is 1.83. The van der Waals surface area contributed by atoms with Gasteiger partial charge in [0.25, 0.3) is 0 Å². The zero-order valence-corrected chi connectivity index (χ0v) is 13.7. The highest BCUT2D eigenvalue weighted by molar-refractivity contribution is 9.10. The Hall–Kier alpha value is -0.840. The topological polar surface area (TPSA) is 15.3 Å². The second kappa shape index (κ2) is 7.08. The van der Waals surface area contributed by atoms with Crippen molar-refractivity contribution in [1.29, 1.82) is 0 Å². The molecule has 0 saturated carbocycles. The Labute approximate surface area is 127 Å². The van der Waals surface area contributed by atoms with Crippen LogP contribution in [-0.4, -0.2) is 20.1 Å². The molecule has 0 bridgehead atoms. The van der Waals surface area contributed by atoms with Crippen LogP contribution in [0, 0.1) is 6.92 Å². The van der Waals surface area contributed by atoms with Crippen LogP contribution in [0.15, 0.2) is 40.2 Å². The molecule has 1 aromatic heterocycles. The van der Waals surface area contributed by atoms with Crippen molar-refractivity contribution in [3.63, 3.8) is 0 Å². The van der Waals surface area contributed by atoms with Crippen molar-refractivity contribution in [3.8, 4) is 0 Å². The van der Waals surface area contributed by atoms with Crippen LogP contribution < -0.4 is 10.2 Å². The SMILES string of the molecule is Cc1ccc(N(C)CCNCc2cc(Br)cs2)cc1. The third-order valence-electron chi connectivity index (χ3n) is 3.02. The predicted molar refractivity (Wildman–Crippen MR) is 88.2 cm³/mol. The smallest absolute Gasteiger partial charge is 0.0364 e. The Morgan fingerprint density at radius 1 is 1.26 bits per heavy atom. The molecule has 0 aliphatic carbocycles. The molecule has 0 amide bonds. The molecular formula is C15H19BrN2S. The first-order valence-corrected chi connectivity index (χ1v) is 8.04. The molecule has 2 nitrogen and oxygen atoms in total. The molecule has 0 fully saturated rings. The molecule has 0 aliphatic heterocycles. The van der Waals surface area contributed by atoms with Gasteiger partial charge in [0.15, 0.2) is 0 Å². The van der Waals surface area contributed by atoms with Gasteiger partial charge in [-0.15, -0.1) is 11.3 Å². The fourth-order valence-corrected chi connectivity index (χ4v) is 3.25. The Morgan fingerprint density at radius 3 is 2.63 bits per heavy atom. The molecule has 4 heteroatoms. The molecule has 1 N–H and O–H groups in total. The van der Waals surface area contributed by atoms with Crippen LogP contribution in [0.3, 0.4) is 0 Å². The van der Waals surface area contributed by atoms with E-state index in [0.29, 0.717) is 0 Å². The molecule has 1 aromatic carbocycles. The molecule has 1 heterocycles. The minimum atomic E-state index is 0.942. The summed E-state index contributed by atoms with van der Waals surface area (Å²) in [5.74, 6) is 0. The van der Waals surface area contributed by atoms with Gasteiger partial charge in [-0.2, -0.15) is 0 Å². The van der Waals surface area contributed by atoms with Gasteiger partial charge in [0.05, 0.1) is 0 Å². The molecular weight excluding hydrogens is 320 g/mol. The van der Waals surface area contributed by atoms with Gasteiger partial charge in [0.2, 0.25) is 0 Å². The second-order valence-corrected chi connectivity index (χ2v) is 6.58. The van der Waals surface area contributed by atoms with Crippen LogP contribution in [0.4, 0.5) is 5.69 Å². The molecule has 0 spiro atoms. The number of aryl methyl sites for hydroxylation is 1. The summed E-state index contributed by atoms with van der Waals surface area (Å²) in [6.45, 7) is 5.05. The highest BCUT2D eigenvalue weighted by Gasteiger charge is 2.01. The first-order chi connectivity index (χ1) is 9.15. The Morgan fingerprint density at radius 2 is 2.00 bits per heavy atom. The number of nitrogens with zero attached hydrogens (tertiary/aromatic N) is 1. The lowest BCUT2D eigenvalue weighted by molar-refractivity contribution is 0.685. The van der Waals surface area contributed by atoms with Crippen molar-refractivity contribution in [1.82, 2.24) is 5.32 Å². The third-order valence-corrected chi connectivity index (χ3v) is 4.72. The van der Waals surface area contributed by atoms with E-state index in [1.807, 2.05) is 0 Å². The molecule has 0 radical (unpaired) electrons. The Balaban J connectivity index is 1.72. The number of thiophene rings is 1. The summed E-state index contributed by atoms with van der Waals surface area (Å²) in [6, 6.07) is 10.8. The van der Waals surface area contributed by atoms with Crippen molar-refractivity contribution >= 4 is 33.0 Å². The standard InChI is InChI=1S/C15H19BrN2S/c1-12-3-5-14(6-4-12)18(2)8-7-17-10-15-9-13(16)11-19-15/h3-6,9,11,17H,7-8,10H2,1-2H3. The van der Waals surface area contributed by atoms with Gasteiger partial charge in [-0.1, -0.05) is 17.7 Å². The van der Waals surface area contributed by atoms with E-state index in [4.69, 9.17) is 0 Å². The predicted octanol–water partition coefficient (Wildman–Crippen LogP) is 4.05. The van der Waals surface area contributed by atoms with Crippen molar-refractivity contribution in [2.45, 2.75) is 13.5 Å². The Bertz CT molecular complexity index is 507. The second-order valence-electron chi connectivity index (χ2n) is 4.67. The number of likely N-dealkylation sites (N-methyl/N-ethyl adjacent to an activating group) is 1. The van der Waals surface area contributed by atoms with E-state index in [1.54, 1.807) is 11.3 Å².